The largest absolute Gasteiger partial charge is 0.473 e. The molecule has 0 aliphatic heterocycles. The fourth-order valence-electron chi connectivity index (χ4n) is 4.21. The highest BCUT2D eigenvalue weighted by molar-refractivity contribution is 6.28. The molecule has 0 spiro atoms. The molecule has 2 aromatic carbocycles. The number of carboxylic acid groups (broad SMARTS) is 1. The van der Waals surface area contributed by atoms with Gasteiger partial charge in [0, 0.05) is 5.92 Å². The fraction of sp³-hybridized carbons (Fsp3) is 0.357. The summed E-state index contributed by atoms with van der Waals surface area (Å²) in [5, 5.41) is 22.7. The number of primary amides is 1. The number of aromatic nitrogens is 2. The second kappa shape index (κ2) is 13.1. The number of aliphatic hydroxyl groups excluding tert-OH is 1. The summed E-state index contributed by atoms with van der Waals surface area (Å²) in [6.45, 7) is 2.97. The lowest BCUT2D eigenvalue weighted by Gasteiger charge is -2.29. The third-order valence-electron chi connectivity index (χ3n) is 6.37. The summed E-state index contributed by atoms with van der Waals surface area (Å²) in [6, 6.07) is 11.7. The van der Waals surface area contributed by atoms with Crippen molar-refractivity contribution in [3.8, 4) is 0 Å². The Morgan fingerprint density at radius 2 is 1.80 bits per heavy atom. The molecule has 212 valence electrons. The quantitative estimate of drug-likeness (QED) is 0.193. The van der Waals surface area contributed by atoms with Crippen LogP contribution in [0.15, 0.2) is 54.7 Å². The Kier molecular flexibility index (Phi) is 9.83. The van der Waals surface area contributed by atoms with Crippen molar-refractivity contribution < 1.29 is 38.5 Å². The van der Waals surface area contributed by atoms with Gasteiger partial charge in [-0.1, -0.05) is 24.3 Å². The number of carbonyl (C=O) groups excluding carboxylic acids is 3. The van der Waals surface area contributed by atoms with E-state index in [1.54, 1.807) is 30.3 Å². The van der Waals surface area contributed by atoms with Gasteiger partial charge in [-0.25, -0.2) is 19.0 Å². The number of carbonyl (C=O) groups is 4. The van der Waals surface area contributed by atoms with Gasteiger partial charge in [-0.05, 0) is 69.4 Å². The minimum atomic E-state index is -1.75. The van der Waals surface area contributed by atoms with Crippen molar-refractivity contribution >= 4 is 34.8 Å². The standard InChI is InChI=1S/C28H31FN4O7/c1-28(2,40-27(39)26(37)38)11-10-17(24(30)35)14-23(34)21(13-16-6-5-7-18(29)12-16)33-25(36)22-15-31-19-8-3-4-9-20(19)32-22/h3-9,12,15,17,21,23,34H,10-11,13-14H2,1-2H3,(H2,30,35)(H,33,36)(H,37,38)/t17-,21+,23+/m1/s1. The number of aliphatic carboxylic acids is 1. The van der Waals surface area contributed by atoms with E-state index in [0.717, 1.165) is 0 Å². The van der Waals surface area contributed by atoms with Gasteiger partial charge in [0.15, 0.2) is 0 Å². The first-order valence-corrected chi connectivity index (χ1v) is 12.6. The minimum Gasteiger partial charge on any atom is -0.473 e. The Hall–Kier alpha value is -4.45. The van der Waals surface area contributed by atoms with Gasteiger partial charge < -0.3 is 26.0 Å². The number of hydrogen-bond acceptors (Lipinski definition) is 8. The molecule has 11 nitrogen and oxygen atoms in total. The van der Waals surface area contributed by atoms with E-state index in [2.05, 4.69) is 15.3 Å². The Balaban J connectivity index is 1.78. The minimum absolute atomic E-state index is 0.00332. The molecule has 0 bridgehead atoms. The number of nitrogens with one attached hydrogen (secondary N) is 1. The van der Waals surface area contributed by atoms with Gasteiger partial charge in [-0.2, -0.15) is 0 Å². The van der Waals surface area contributed by atoms with Crippen LogP contribution in [0.1, 0.15) is 49.2 Å². The lowest BCUT2D eigenvalue weighted by atomic mass is 9.87. The van der Waals surface area contributed by atoms with E-state index in [1.807, 2.05) is 0 Å². The first-order chi connectivity index (χ1) is 18.8. The first-order valence-electron chi connectivity index (χ1n) is 12.6. The molecule has 3 atom stereocenters. The Morgan fingerprint density at radius 3 is 2.45 bits per heavy atom. The van der Waals surface area contributed by atoms with E-state index in [4.69, 9.17) is 15.6 Å². The highest BCUT2D eigenvalue weighted by Crippen LogP contribution is 2.24. The SMILES string of the molecule is CC(C)(CC[C@H](C[C@H](O)[C@H](Cc1cccc(F)c1)NC(=O)c1cnc2ccccc2n1)C(N)=O)OC(=O)C(=O)O. The predicted octanol–water partition coefficient (Wildman–Crippen LogP) is 2.15. The highest BCUT2D eigenvalue weighted by Gasteiger charge is 2.32. The number of fused-ring (bicyclic) bond motifs is 1. The maximum absolute atomic E-state index is 13.9. The zero-order valence-electron chi connectivity index (χ0n) is 22.0. The number of amides is 2. The monoisotopic (exact) mass is 554 g/mol. The number of ether oxygens (including phenoxy) is 1. The first kappa shape index (κ1) is 30.1. The summed E-state index contributed by atoms with van der Waals surface area (Å²) < 4.78 is 18.8. The molecule has 5 N–H and O–H groups in total. The molecule has 0 saturated carbocycles. The number of halogens is 1. The molecular formula is C28H31FN4O7. The van der Waals surface area contributed by atoms with Crippen LogP contribution in [-0.4, -0.2) is 61.7 Å². The molecule has 2 amide bonds. The van der Waals surface area contributed by atoms with Gasteiger partial charge in [0.1, 0.15) is 17.1 Å². The van der Waals surface area contributed by atoms with Gasteiger partial charge in [0.2, 0.25) is 5.91 Å². The average molecular weight is 555 g/mol. The Labute approximate surface area is 229 Å². The summed E-state index contributed by atoms with van der Waals surface area (Å²) in [5.74, 6) is -5.96. The van der Waals surface area contributed by atoms with Crippen molar-refractivity contribution in [1.82, 2.24) is 15.3 Å². The number of nitrogens with two attached hydrogens (primary N) is 1. The Morgan fingerprint density at radius 1 is 1.10 bits per heavy atom. The second-order valence-corrected chi connectivity index (χ2v) is 10.1. The fourth-order valence-corrected chi connectivity index (χ4v) is 4.21. The molecule has 0 fully saturated rings. The third kappa shape index (κ3) is 8.53. The van der Waals surface area contributed by atoms with Crippen molar-refractivity contribution in [3.05, 3.63) is 71.8 Å². The van der Waals surface area contributed by atoms with E-state index in [1.165, 1.54) is 38.2 Å². The summed E-state index contributed by atoms with van der Waals surface area (Å²) in [6.07, 6.45) is -0.0253. The van der Waals surface area contributed by atoms with E-state index < -0.39 is 53.2 Å². The van der Waals surface area contributed by atoms with E-state index in [9.17, 15) is 28.7 Å². The van der Waals surface area contributed by atoms with Crippen LogP contribution in [-0.2, 0) is 25.5 Å². The molecular weight excluding hydrogens is 523 g/mol. The van der Waals surface area contributed by atoms with Crippen LogP contribution < -0.4 is 11.1 Å². The number of aliphatic hydroxyl groups is 1. The summed E-state index contributed by atoms with van der Waals surface area (Å²) >= 11 is 0. The van der Waals surface area contributed by atoms with Gasteiger partial charge in [-0.15, -0.1) is 0 Å². The highest BCUT2D eigenvalue weighted by atomic mass is 19.1. The molecule has 0 radical (unpaired) electrons. The molecule has 3 rings (SSSR count). The normalized spacial score (nSPS) is 13.7. The smallest absolute Gasteiger partial charge is 0.417 e. The molecule has 0 aliphatic carbocycles. The van der Waals surface area contributed by atoms with Gasteiger partial charge in [-0.3, -0.25) is 14.6 Å². The molecule has 40 heavy (non-hydrogen) atoms. The number of rotatable bonds is 12. The van der Waals surface area contributed by atoms with Crippen LogP contribution >= 0.6 is 0 Å². The number of hydrogen-bond donors (Lipinski definition) is 4. The topological polar surface area (TPSA) is 182 Å². The van der Waals surface area contributed by atoms with E-state index >= 15 is 0 Å². The molecule has 12 heteroatoms. The van der Waals surface area contributed by atoms with Crippen LogP contribution in [0.5, 0.6) is 0 Å². The van der Waals surface area contributed by atoms with Crippen LogP contribution in [0.3, 0.4) is 0 Å². The zero-order chi connectivity index (χ0) is 29.4. The predicted molar refractivity (Wildman–Crippen MR) is 141 cm³/mol. The van der Waals surface area contributed by atoms with Gasteiger partial charge in [0.25, 0.3) is 5.91 Å². The number of para-hydroxylation sites is 2. The molecule has 0 saturated heterocycles. The maximum atomic E-state index is 13.9. The molecule has 3 aromatic rings. The average Bonchev–Trinajstić information content (AvgIpc) is 2.89. The third-order valence-corrected chi connectivity index (χ3v) is 6.37. The van der Waals surface area contributed by atoms with Crippen LogP contribution in [0, 0.1) is 11.7 Å². The van der Waals surface area contributed by atoms with Crippen molar-refractivity contribution in [1.29, 1.82) is 0 Å². The molecule has 1 heterocycles. The lowest BCUT2D eigenvalue weighted by molar-refractivity contribution is -0.173. The van der Waals surface area contributed by atoms with E-state index in [-0.39, 0.29) is 31.4 Å². The summed E-state index contributed by atoms with van der Waals surface area (Å²) in [5.41, 5.74) is 5.94. The van der Waals surface area contributed by atoms with Gasteiger partial charge >= 0.3 is 11.9 Å². The van der Waals surface area contributed by atoms with Crippen LogP contribution in [0.4, 0.5) is 4.39 Å². The molecule has 1 aromatic heterocycles. The number of esters is 1. The van der Waals surface area contributed by atoms with Crippen molar-refractivity contribution in [2.24, 2.45) is 11.7 Å². The number of carboxylic acids is 1. The molecule has 0 aliphatic rings. The van der Waals surface area contributed by atoms with Crippen molar-refractivity contribution in [2.45, 2.75) is 57.3 Å². The second-order valence-electron chi connectivity index (χ2n) is 10.1. The van der Waals surface area contributed by atoms with Gasteiger partial charge in [0.05, 0.1) is 29.4 Å². The van der Waals surface area contributed by atoms with Crippen LogP contribution in [0.2, 0.25) is 0 Å². The molecule has 0 unspecified atom stereocenters. The Bertz CT molecular complexity index is 1400. The lowest BCUT2D eigenvalue weighted by Crippen LogP contribution is -2.46. The maximum Gasteiger partial charge on any atom is 0.417 e. The van der Waals surface area contributed by atoms with Crippen molar-refractivity contribution in [2.75, 3.05) is 0 Å². The number of benzene rings is 2. The van der Waals surface area contributed by atoms with Crippen LogP contribution in [0.25, 0.3) is 11.0 Å². The van der Waals surface area contributed by atoms with Crippen molar-refractivity contribution in [3.63, 3.8) is 0 Å². The number of nitrogens with zero attached hydrogens (tertiary/aromatic N) is 2. The summed E-state index contributed by atoms with van der Waals surface area (Å²) in [7, 11) is 0. The summed E-state index contributed by atoms with van der Waals surface area (Å²) in [4.78, 5) is 56.2. The van der Waals surface area contributed by atoms with E-state index in [0.29, 0.717) is 16.6 Å². The zero-order valence-corrected chi connectivity index (χ0v) is 22.0.